The van der Waals surface area contributed by atoms with Crippen molar-refractivity contribution in [2.45, 2.75) is 19.3 Å². The van der Waals surface area contributed by atoms with E-state index >= 15 is 0 Å². The quantitative estimate of drug-likeness (QED) is 0.175. The monoisotopic (exact) mass is 727 g/mol. The zero-order valence-corrected chi connectivity index (χ0v) is 31.8. The van der Waals surface area contributed by atoms with Gasteiger partial charge in [-0.05, 0) is 127 Å². The molecule has 0 bridgehead atoms. The van der Waals surface area contributed by atoms with E-state index in [4.69, 9.17) is 4.42 Å². The molecule has 0 unspecified atom stereocenters. The third-order valence-electron chi connectivity index (χ3n) is 12.6. The number of anilines is 3. The minimum absolute atomic E-state index is 0.118. The second-order valence-electron chi connectivity index (χ2n) is 16.1. The molecule has 0 aliphatic heterocycles. The van der Waals surface area contributed by atoms with E-state index in [0.717, 1.165) is 50.1 Å². The maximum absolute atomic E-state index is 6.45. The second-order valence-corrected chi connectivity index (χ2v) is 16.1. The Morgan fingerprint density at radius 2 is 1.04 bits per heavy atom. The van der Waals surface area contributed by atoms with Gasteiger partial charge in [-0.25, -0.2) is 0 Å². The summed E-state index contributed by atoms with van der Waals surface area (Å²) in [5, 5.41) is 4.90. The standard InChI is InChI=1S/C55H37NO/c1-55(2)50-22-7-5-17-44(50)45-29-28-40(33-51(45)55)56(38-26-24-34(25-27-38)41-19-11-21-48-46-18-6-8-23-52(46)57-54(41)48)39-14-9-12-35(31-39)37-30-36-13-10-20-47-42-15-3-4-16-43(42)49(32-37)53(36)47/h3-33H,1-2H3. The van der Waals surface area contributed by atoms with Gasteiger partial charge in [0.2, 0.25) is 0 Å². The molecule has 9 aromatic carbocycles. The number of hydrogen-bond acceptors (Lipinski definition) is 2. The van der Waals surface area contributed by atoms with Crippen LogP contribution in [0.4, 0.5) is 17.1 Å². The summed E-state index contributed by atoms with van der Waals surface area (Å²) in [7, 11) is 0. The van der Waals surface area contributed by atoms with Crippen molar-refractivity contribution < 1.29 is 4.42 Å². The molecule has 0 fully saturated rings. The van der Waals surface area contributed by atoms with Gasteiger partial charge in [0.25, 0.3) is 0 Å². The first-order valence-corrected chi connectivity index (χ1v) is 19.8. The summed E-state index contributed by atoms with van der Waals surface area (Å²) < 4.78 is 6.45. The number of para-hydroxylation sites is 2. The molecule has 2 nitrogen and oxygen atoms in total. The highest BCUT2D eigenvalue weighted by Crippen LogP contribution is 2.52. The van der Waals surface area contributed by atoms with Crippen molar-refractivity contribution in [3.63, 3.8) is 0 Å². The number of hydrogen-bond donors (Lipinski definition) is 0. The zero-order chi connectivity index (χ0) is 37.8. The molecule has 1 aromatic heterocycles. The van der Waals surface area contributed by atoms with E-state index in [1.807, 2.05) is 12.1 Å². The second kappa shape index (κ2) is 11.9. The molecule has 0 spiro atoms. The van der Waals surface area contributed by atoms with Crippen LogP contribution in [0, 0.1) is 0 Å². The van der Waals surface area contributed by atoms with Gasteiger partial charge in [-0.1, -0.05) is 147 Å². The van der Waals surface area contributed by atoms with Gasteiger partial charge in [-0.2, -0.15) is 0 Å². The van der Waals surface area contributed by atoms with Crippen molar-refractivity contribution in [1.29, 1.82) is 0 Å². The zero-order valence-electron chi connectivity index (χ0n) is 31.8. The maximum Gasteiger partial charge on any atom is 0.143 e. The summed E-state index contributed by atoms with van der Waals surface area (Å²) in [6.45, 7) is 4.71. The Kier molecular flexibility index (Phi) is 6.72. The number of fused-ring (bicyclic) bond motifs is 9. The van der Waals surface area contributed by atoms with Gasteiger partial charge in [-0.15, -0.1) is 0 Å². The van der Waals surface area contributed by atoms with Crippen molar-refractivity contribution in [2.75, 3.05) is 4.90 Å². The summed E-state index contributed by atoms with van der Waals surface area (Å²) in [4.78, 5) is 2.42. The van der Waals surface area contributed by atoms with Crippen LogP contribution in [0.15, 0.2) is 192 Å². The lowest BCUT2D eigenvalue weighted by Crippen LogP contribution is -2.16. The van der Waals surface area contributed by atoms with Crippen molar-refractivity contribution >= 4 is 49.8 Å². The largest absolute Gasteiger partial charge is 0.455 e. The average Bonchev–Trinajstić information content (AvgIpc) is 3.88. The number of rotatable bonds is 5. The summed E-state index contributed by atoms with van der Waals surface area (Å²) >= 11 is 0. The van der Waals surface area contributed by atoms with Crippen LogP contribution in [0.2, 0.25) is 0 Å². The lowest BCUT2D eigenvalue weighted by molar-refractivity contribution is 0.660. The third-order valence-corrected chi connectivity index (χ3v) is 12.6. The SMILES string of the molecule is CC1(C)c2ccccc2-c2ccc(N(c3ccc(-c4cccc5c4oc4ccccc45)cc3)c3cccc(-c4cc5c6c(cccc6c4)-c4ccccc4-5)c3)cc21. The Labute approximate surface area is 331 Å². The van der Waals surface area contributed by atoms with Gasteiger partial charge in [0.1, 0.15) is 11.2 Å². The van der Waals surface area contributed by atoms with Gasteiger partial charge in [0.05, 0.1) is 0 Å². The molecule has 0 saturated carbocycles. The van der Waals surface area contributed by atoms with Crippen LogP contribution >= 0.6 is 0 Å². The minimum atomic E-state index is -0.118. The molecule has 57 heavy (non-hydrogen) atoms. The predicted molar refractivity (Wildman–Crippen MR) is 239 cm³/mol. The first-order chi connectivity index (χ1) is 28.0. The predicted octanol–water partition coefficient (Wildman–Crippen LogP) is 15.5. The molecule has 10 aromatic rings. The van der Waals surface area contributed by atoms with Crippen LogP contribution in [0.25, 0.3) is 88.3 Å². The summed E-state index contributed by atoms with van der Waals surface area (Å²) in [6, 6.07) is 69.0. The fourth-order valence-corrected chi connectivity index (χ4v) is 9.85. The van der Waals surface area contributed by atoms with Crippen molar-refractivity contribution in [3.8, 4) is 55.6 Å². The van der Waals surface area contributed by atoms with Gasteiger partial charge in [0.15, 0.2) is 0 Å². The van der Waals surface area contributed by atoms with E-state index < -0.39 is 0 Å². The number of benzene rings is 9. The molecule has 1 heterocycles. The van der Waals surface area contributed by atoms with E-state index in [0.29, 0.717) is 0 Å². The van der Waals surface area contributed by atoms with Crippen LogP contribution in [-0.4, -0.2) is 0 Å². The molecule has 0 amide bonds. The fraction of sp³-hybridized carbons (Fsp3) is 0.0545. The molecule has 2 heteroatoms. The normalized spacial score (nSPS) is 13.2. The van der Waals surface area contributed by atoms with Crippen LogP contribution < -0.4 is 4.90 Å². The Balaban J connectivity index is 1.01. The van der Waals surface area contributed by atoms with Crippen LogP contribution in [-0.2, 0) is 5.41 Å². The summed E-state index contributed by atoms with van der Waals surface area (Å²) in [5.74, 6) is 0. The lowest BCUT2D eigenvalue weighted by atomic mass is 9.82. The van der Waals surface area contributed by atoms with Gasteiger partial charge in [0, 0.05) is 38.8 Å². The van der Waals surface area contributed by atoms with Crippen LogP contribution in [0.5, 0.6) is 0 Å². The van der Waals surface area contributed by atoms with E-state index in [1.54, 1.807) is 0 Å². The Hall–Kier alpha value is -7.16. The average molecular weight is 728 g/mol. The van der Waals surface area contributed by atoms with Crippen molar-refractivity contribution in [3.05, 3.63) is 199 Å². The number of furan rings is 1. The highest BCUT2D eigenvalue weighted by atomic mass is 16.3. The molecule has 268 valence electrons. The third kappa shape index (κ3) is 4.71. The molecule has 0 radical (unpaired) electrons. The Morgan fingerprint density at radius 1 is 0.386 bits per heavy atom. The minimum Gasteiger partial charge on any atom is -0.455 e. The van der Waals surface area contributed by atoms with E-state index in [9.17, 15) is 0 Å². The molecule has 0 N–H and O–H groups in total. The van der Waals surface area contributed by atoms with E-state index in [1.165, 1.54) is 66.4 Å². The molecular formula is C55H37NO. The topological polar surface area (TPSA) is 16.4 Å². The van der Waals surface area contributed by atoms with Gasteiger partial charge < -0.3 is 9.32 Å². The van der Waals surface area contributed by atoms with Crippen LogP contribution in [0.3, 0.4) is 0 Å². The fourth-order valence-electron chi connectivity index (χ4n) is 9.85. The van der Waals surface area contributed by atoms with Gasteiger partial charge in [-0.3, -0.25) is 0 Å². The summed E-state index contributed by atoms with van der Waals surface area (Å²) in [6.07, 6.45) is 0. The molecule has 12 rings (SSSR count). The highest BCUT2D eigenvalue weighted by Gasteiger charge is 2.36. The maximum atomic E-state index is 6.45. The van der Waals surface area contributed by atoms with Gasteiger partial charge >= 0.3 is 0 Å². The Morgan fingerprint density at radius 3 is 1.91 bits per heavy atom. The highest BCUT2D eigenvalue weighted by molar-refractivity contribution is 6.16. The van der Waals surface area contributed by atoms with Crippen molar-refractivity contribution in [2.24, 2.45) is 0 Å². The molecule has 2 aliphatic carbocycles. The van der Waals surface area contributed by atoms with Crippen molar-refractivity contribution in [1.82, 2.24) is 0 Å². The Bertz CT molecular complexity index is 3270. The molecular weight excluding hydrogens is 691 g/mol. The molecule has 2 aliphatic rings. The molecule has 0 saturated heterocycles. The van der Waals surface area contributed by atoms with E-state index in [2.05, 4.69) is 195 Å². The lowest BCUT2D eigenvalue weighted by Gasteiger charge is -2.28. The van der Waals surface area contributed by atoms with E-state index in [-0.39, 0.29) is 5.41 Å². The summed E-state index contributed by atoms with van der Waals surface area (Å²) in [5.41, 5.74) is 20.3. The van der Waals surface area contributed by atoms with Crippen LogP contribution in [0.1, 0.15) is 25.0 Å². The smallest absolute Gasteiger partial charge is 0.143 e. The molecule has 0 atom stereocenters. The first-order valence-electron chi connectivity index (χ1n) is 19.8. The first kappa shape index (κ1) is 32.1. The number of nitrogens with zero attached hydrogens (tertiary/aromatic N) is 1.